The number of benzene rings is 1. The molecule has 0 aliphatic carbocycles. The molecule has 0 aliphatic rings. The van der Waals surface area contributed by atoms with E-state index < -0.39 is 0 Å². The molecule has 0 amide bonds. The molecule has 8 nitrogen and oxygen atoms in total. The fourth-order valence-corrected chi connectivity index (χ4v) is 2.19. The highest BCUT2D eigenvalue weighted by molar-refractivity contribution is 9.10. The van der Waals surface area contributed by atoms with Crippen LogP contribution in [0.3, 0.4) is 0 Å². The summed E-state index contributed by atoms with van der Waals surface area (Å²) in [6.45, 7) is 3.21. The monoisotopic (exact) mass is 412 g/mol. The summed E-state index contributed by atoms with van der Waals surface area (Å²) >= 11 is 3.27. The minimum absolute atomic E-state index is 0.115. The SMILES string of the molecule is CC(=O)OCCOc1cc2ncc(Br)nc2cc1OCCOC(C)=O. The minimum atomic E-state index is -0.380. The highest BCUT2D eigenvalue weighted by atomic mass is 79.9. The Morgan fingerprint density at radius 2 is 1.44 bits per heavy atom. The molecule has 1 heterocycles. The zero-order valence-corrected chi connectivity index (χ0v) is 15.4. The molecule has 0 saturated heterocycles. The lowest BCUT2D eigenvalue weighted by molar-refractivity contribution is -0.142. The molecular formula is C16H17BrN2O6. The van der Waals surface area contributed by atoms with Crippen LogP contribution >= 0.6 is 15.9 Å². The van der Waals surface area contributed by atoms with E-state index in [4.69, 9.17) is 18.9 Å². The molecule has 2 aromatic rings. The van der Waals surface area contributed by atoms with Gasteiger partial charge in [0.05, 0.1) is 17.2 Å². The molecular weight excluding hydrogens is 396 g/mol. The van der Waals surface area contributed by atoms with E-state index in [0.717, 1.165) is 0 Å². The molecule has 9 heteroatoms. The summed E-state index contributed by atoms with van der Waals surface area (Å²) in [6.07, 6.45) is 1.58. The third-order valence-corrected chi connectivity index (χ3v) is 3.25. The Morgan fingerprint density at radius 3 is 1.96 bits per heavy atom. The summed E-state index contributed by atoms with van der Waals surface area (Å²) in [4.78, 5) is 30.2. The third-order valence-electron chi connectivity index (χ3n) is 2.87. The highest BCUT2D eigenvalue weighted by Gasteiger charge is 2.11. The summed E-state index contributed by atoms with van der Waals surface area (Å²) in [5, 5.41) is 0. The normalized spacial score (nSPS) is 10.4. The number of aromatic nitrogens is 2. The number of carbonyl (C=O) groups is 2. The quantitative estimate of drug-likeness (QED) is 0.481. The highest BCUT2D eigenvalue weighted by Crippen LogP contribution is 2.31. The first-order chi connectivity index (χ1) is 12.0. The maximum absolute atomic E-state index is 10.8. The number of rotatable bonds is 8. The molecule has 0 N–H and O–H groups in total. The molecule has 0 unspecified atom stereocenters. The topological polar surface area (TPSA) is 96.8 Å². The van der Waals surface area contributed by atoms with Crippen molar-refractivity contribution in [2.75, 3.05) is 26.4 Å². The number of hydrogen-bond acceptors (Lipinski definition) is 8. The predicted molar refractivity (Wildman–Crippen MR) is 91.5 cm³/mol. The van der Waals surface area contributed by atoms with Gasteiger partial charge in [0.25, 0.3) is 0 Å². The van der Waals surface area contributed by atoms with Gasteiger partial charge in [-0.05, 0) is 15.9 Å². The van der Waals surface area contributed by atoms with Crippen molar-refractivity contribution in [1.29, 1.82) is 0 Å². The molecule has 25 heavy (non-hydrogen) atoms. The number of hydrogen-bond donors (Lipinski definition) is 0. The second-order valence-corrected chi connectivity index (χ2v) is 5.67. The van der Waals surface area contributed by atoms with Gasteiger partial charge in [-0.25, -0.2) is 4.98 Å². The number of esters is 2. The maximum Gasteiger partial charge on any atom is 0.302 e. The van der Waals surface area contributed by atoms with Crippen LogP contribution in [0.2, 0.25) is 0 Å². The zero-order chi connectivity index (χ0) is 18.2. The molecule has 0 aliphatic heterocycles. The van der Waals surface area contributed by atoms with Crippen molar-refractivity contribution in [3.63, 3.8) is 0 Å². The second-order valence-electron chi connectivity index (χ2n) is 4.86. The Kier molecular flexibility index (Phi) is 6.93. The summed E-state index contributed by atoms with van der Waals surface area (Å²) < 4.78 is 21.5. The molecule has 1 aromatic heterocycles. The lowest BCUT2D eigenvalue weighted by Crippen LogP contribution is -2.12. The van der Waals surface area contributed by atoms with E-state index >= 15 is 0 Å². The fourth-order valence-electron chi connectivity index (χ4n) is 1.90. The molecule has 2 rings (SSSR count). The van der Waals surface area contributed by atoms with Crippen molar-refractivity contribution in [2.24, 2.45) is 0 Å². The molecule has 0 atom stereocenters. The van der Waals surface area contributed by atoms with E-state index in [9.17, 15) is 9.59 Å². The summed E-state index contributed by atoms with van der Waals surface area (Å²) in [7, 11) is 0. The first-order valence-electron chi connectivity index (χ1n) is 7.44. The van der Waals surface area contributed by atoms with E-state index in [2.05, 4.69) is 25.9 Å². The average Bonchev–Trinajstić information content (AvgIpc) is 2.55. The van der Waals surface area contributed by atoms with E-state index in [1.165, 1.54) is 13.8 Å². The number of halogens is 1. The van der Waals surface area contributed by atoms with Crippen LogP contribution in [0, 0.1) is 0 Å². The molecule has 134 valence electrons. The summed E-state index contributed by atoms with van der Waals surface area (Å²) in [6, 6.07) is 3.37. The van der Waals surface area contributed by atoms with Gasteiger partial charge >= 0.3 is 11.9 Å². The number of fused-ring (bicyclic) bond motifs is 1. The lowest BCUT2D eigenvalue weighted by atomic mass is 10.2. The maximum atomic E-state index is 10.8. The average molecular weight is 413 g/mol. The Balaban J connectivity index is 2.13. The molecule has 0 fully saturated rings. The lowest BCUT2D eigenvalue weighted by Gasteiger charge is -2.13. The Morgan fingerprint density at radius 1 is 0.920 bits per heavy atom. The number of ether oxygens (including phenoxy) is 4. The second kappa shape index (κ2) is 9.16. The smallest absolute Gasteiger partial charge is 0.302 e. The van der Waals surface area contributed by atoms with E-state index in [1.54, 1.807) is 18.3 Å². The minimum Gasteiger partial charge on any atom is -0.486 e. The predicted octanol–water partition coefficient (Wildman–Crippen LogP) is 2.28. The van der Waals surface area contributed by atoms with Gasteiger partial charge in [0.2, 0.25) is 0 Å². The van der Waals surface area contributed by atoms with Crippen LogP contribution < -0.4 is 9.47 Å². The van der Waals surface area contributed by atoms with Gasteiger partial charge in [-0.2, -0.15) is 0 Å². The van der Waals surface area contributed by atoms with Crippen LogP contribution in [0.5, 0.6) is 11.5 Å². The van der Waals surface area contributed by atoms with Crippen molar-refractivity contribution < 1.29 is 28.5 Å². The van der Waals surface area contributed by atoms with Crippen LogP contribution in [0.25, 0.3) is 11.0 Å². The first-order valence-corrected chi connectivity index (χ1v) is 8.23. The molecule has 0 spiro atoms. The van der Waals surface area contributed by atoms with Crippen molar-refractivity contribution in [1.82, 2.24) is 9.97 Å². The largest absolute Gasteiger partial charge is 0.486 e. The summed E-state index contributed by atoms with van der Waals surface area (Å²) in [5.74, 6) is 0.0967. The van der Waals surface area contributed by atoms with Gasteiger partial charge in [-0.15, -0.1) is 0 Å². The van der Waals surface area contributed by atoms with Crippen LogP contribution in [0.15, 0.2) is 22.9 Å². The van der Waals surface area contributed by atoms with Gasteiger partial charge < -0.3 is 18.9 Å². The number of nitrogens with zero attached hydrogens (tertiary/aromatic N) is 2. The fraction of sp³-hybridized carbons (Fsp3) is 0.375. The molecule has 0 saturated carbocycles. The van der Waals surface area contributed by atoms with Crippen LogP contribution in [0.1, 0.15) is 13.8 Å². The van der Waals surface area contributed by atoms with Gasteiger partial charge in [-0.3, -0.25) is 14.6 Å². The summed E-state index contributed by atoms with van der Waals surface area (Å²) in [5.41, 5.74) is 1.24. The van der Waals surface area contributed by atoms with Crippen LogP contribution in [-0.4, -0.2) is 48.3 Å². The van der Waals surface area contributed by atoms with Crippen LogP contribution in [-0.2, 0) is 19.1 Å². The van der Waals surface area contributed by atoms with Crippen molar-refractivity contribution in [3.05, 3.63) is 22.9 Å². The van der Waals surface area contributed by atoms with E-state index in [-0.39, 0.29) is 38.4 Å². The Bertz CT molecular complexity index is 768. The Hall–Kier alpha value is -2.42. The molecule has 1 aromatic carbocycles. The molecule has 0 radical (unpaired) electrons. The molecule has 0 bridgehead atoms. The van der Waals surface area contributed by atoms with Gasteiger partial charge in [0, 0.05) is 26.0 Å². The van der Waals surface area contributed by atoms with Gasteiger partial charge in [0.15, 0.2) is 11.5 Å². The van der Waals surface area contributed by atoms with Crippen molar-refractivity contribution in [3.8, 4) is 11.5 Å². The first kappa shape index (κ1) is 18.9. The zero-order valence-electron chi connectivity index (χ0n) is 13.8. The Labute approximate surface area is 152 Å². The third kappa shape index (κ3) is 6.18. The van der Waals surface area contributed by atoms with Crippen molar-refractivity contribution in [2.45, 2.75) is 13.8 Å². The van der Waals surface area contributed by atoms with Gasteiger partial charge in [0.1, 0.15) is 31.0 Å². The van der Waals surface area contributed by atoms with Crippen LogP contribution in [0.4, 0.5) is 0 Å². The standard InChI is InChI=1S/C16H17BrN2O6/c1-10(20)22-3-5-24-14-7-12-13(19-16(17)9-18-12)8-15(14)25-6-4-23-11(2)21/h7-9H,3-6H2,1-2H3. The van der Waals surface area contributed by atoms with Crippen molar-refractivity contribution >= 4 is 38.9 Å². The van der Waals surface area contributed by atoms with E-state index in [0.29, 0.717) is 27.1 Å². The van der Waals surface area contributed by atoms with E-state index in [1.807, 2.05) is 0 Å². The van der Waals surface area contributed by atoms with Gasteiger partial charge in [-0.1, -0.05) is 0 Å². The number of carbonyl (C=O) groups excluding carboxylic acids is 2.